The first kappa shape index (κ1) is 34.7. The van der Waals surface area contributed by atoms with E-state index in [0.29, 0.717) is 12.0 Å². The number of carbonyl (C=O) groups excluding carboxylic acids is 4. The van der Waals surface area contributed by atoms with Crippen molar-refractivity contribution in [3.63, 3.8) is 0 Å². The molecule has 0 fully saturated rings. The minimum atomic E-state index is -1.07. The summed E-state index contributed by atoms with van der Waals surface area (Å²) in [4.78, 5) is 48.9. The molecule has 2 N–H and O–H groups in total. The summed E-state index contributed by atoms with van der Waals surface area (Å²) in [6.45, 7) is 13.1. The van der Waals surface area contributed by atoms with Gasteiger partial charge in [0, 0.05) is 6.42 Å². The maximum atomic E-state index is 12.6. The highest BCUT2D eigenvalue weighted by molar-refractivity contribution is 5.76. The van der Waals surface area contributed by atoms with E-state index in [9.17, 15) is 19.2 Å². The molecular weight excluding hydrogens is 522 g/mol. The first-order valence-electron chi connectivity index (χ1n) is 13.8. The summed E-state index contributed by atoms with van der Waals surface area (Å²) < 4.78 is 31.3. The monoisotopic (exact) mass is 567 g/mol. The van der Waals surface area contributed by atoms with Crippen LogP contribution in [-0.4, -0.2) is 55.7 Å². The largest absolute Gasteiger partial charge is 0.513 e. The zero-order chi connectivity index (χ0) is 30.2. The third-order valence-corrected chi connectivity index (χ3v) is 5.49. The van der Waals surface area contributed by atoms with Crippen LogP contribution in [0.5, 0.6) is 11.5 Å². The number of unbranched alkanes of at least 4 members (excludes halogenated alkanes) is 2. The number of esters is 2. The predicted molar refractivity (Wildman–Crippen MR) is 147 cm³/mol. The second-order valence-corrected chi connectivity index (χ2v) is 10.5. The fraction of sp³-hybridized carbons (Fsp3) is 0.655. The number of rotatable bonds is 16. The minimum Gasteiger partial charge on any atom is -0.459 e. The normalized spacial score (nSPS) is 13.2. The van der Waals surface area contributed by atoms with Crippen molar-refractivity contribution in [2.75, 3.05) is 13.2 Å². The molecule has 0 radical (unpaired) electrons. The van der Waals surface area contributed by atoms with Crippen LogP contribution in [-0.2, 0) is 35.0 Å². The van der Waals surface area contributed by atoms with Crippen LogP contribution < -0.4 is 15.2 Å². The van der Waals surface area contributed by atoms with E-state index in [1.807, 2.05) is 34.6 Å². The molecule has 0 spiro atoms. The van der Waals surface area contributed by atoms with Crippen molar-refractivity contribution >= 4 is 24.2 Å². The van der Waals surface area contributed by atoms with Gasteiger partial charge in [0.05, 0.1) is 13.2 Å². The van der Waals surface area contributed by atoms with Gasteiger partial charge in [-0.05, 0) is 56.2 Å². The molecule has 11 nitrogen and oxygen atoms in total. The molecule has 1 aromatic rings. The number of nitrogens with two attached hydrogens (primary N) is 1. The summed E-state index contributed by atoms with van der Waals surface area (Å²) in [5.74, 6) is -1.04. The lowest BCUT2D eigenvalue weighted by Gasteiger charge is -2.22. The van der Waals surface area contributed by atoms with E-state index in [2.05, 4.69) is 0 Å². The molecule has 40 heavy (non-hydrogen) atoms. The number of hydrogen-bond acceptors (Lipinski definition) is 11. The van der Waals surface area contributed by atoms with Gasteiger partial charge >= 0.3 is 24.2 Å². The molecule has 0 aromatic heterocycles. The van der Waals surface area contributed by atoms with Gasteiger partial charge in [-0.25, -0.2) is 9.59 Å². The smallest absolute Gasteiger partial charge is 0.459 e. The average Bonchev–Trinajstić information content (AvgIpc) is 2.87. The van der Waals surface area contributed by atoms with Gasteiger partial charge < -0.3 is 34.2 Å². The van der Waals surface area contributed by atoms with E-state index in [-0.39, 0.29) is 48.9 Å². The molecule has 0 unspecified atom stereocenters. The summed E-state index contributed by atoms with van der Waals surface area (Å²) in [5, 5.41) is 0. The van der Waals surface area contributed by atoms with Crippen LogP contribution in [0.15, 0.2) is 18.2 Å². The quantitative estimate of drug-likeness (QED) is 0.119. The molecule has 1 aromatic carbocycles. The molecule has 0 amide bonds. The Labute approximate surface area is 236 Å². The molecule has 1 rings (SSSR count). The average molecular weight is 568 g/mol. The summed E-state index contributed by atoms with van der Waals surface area (Å²) in [6, 6.07) is 3.31. The van der Waals surface area contributed by atoms with Gasteiger partial charge in [0.2, 0.25) is 0 Å². The van der Waals surface area contributed by atoms with E-state index in [1.54, 1.807) is 19.9 Å². The molecule has 3 atom stereocenters. The van der Waals surface area contributed by atoms with Crippen molar-refractivity contribution in [2.24, 2.45) is 17.6 Å². The minimum absolute atomic E-state index is 0.0201. The lowest BCUT2D eigenvalue weighted by molar-refractivity contribution is -0.166. The maximum Gasteiger partial charge on any atom is 0.513 e. The first-order valence-corrected chi connectivity index (χ1v) is 13.8. The zero-order valence-corrected chi connectivity index (χ0v) is 24.7. The fourth-order valence-electron chi connectivity index (χ4n) is 3.14. The van der Waals surface area contributed by atoms with Gasteiger partial charge in [-0.15, -0.1) is 0 Å². The van der Waals surface area contributed by atoms with Crippen LogP contribution in [0, 0.1) is 11.8 Å². The number of benzene rings is 1. The molecule has 0 saturated carbocycles. The Balaban J connectivity index is 2.87. The highest BCUT2D eigenvalue weighted by Crippen LogP contribution is 2.30. The molecule has 0 bridgehead atoms. The molecule has 226 valence electrons. The molecule has 0 heterocycles. The Bertz CT molecular complexity index is 962. The van der Waals surface area contributed by atoms with Gasteiger partial charge in [-0.1, -0.05) is 53.5 Å². The van der Waals surface area contributed by atoms with E-state index in [0.717, 1.165) is 19.3 Å². The van der Waals surface area contributed by atoms with Crippen molar-refractivity contribution in [3.8, 4) is 11.5 Å². The van der Waals surface area contributed by atoms with Crippen LogP contribution in [0.1, 0.15) is 79.7 Å². The van der Waals surface area contributed by atoms with Gasteiger partial charge in [-0.2, -0.15) is 0 Å². The van der Waals surface area contributed by atoms with Gasteiger partial charge in [0.15, 0.2) is 11.5 Å². The van der Waals surface area contributed by atoms with Gasteiger partial charge in [0.25, 0.3) is 0 Å². The summed E-state index contributed by atoms with van der Waals surface area (Å²) >= 11 is 0. The Kier molecular flexibility index (Phi) is 15.7. The predicted octanol–water partition coefficient (Wildman–Crippen LogP) is 5.34. The Morgan fingerprint density at radius 2 is 1.32 bits per heavy atom. The molecule has 0 saturated heterocycles. The van der Waals surface area contributed by atoms with Crippen LogP contribution in [0.25, 0.3) is 0 Å². The standard InChI is InChI=1S/C29H45NO10/c1-8-9-10-11-26(31)37-20(6)21(7)38-27(32)23(30)14-22-12-13-24(39-28(33)35-16-18(2)3)25(15-22)40-29(34)36-17-19(4)5/h12-13,15,18-21,23H,8-11,14,16-17,30H2,1-7H3/t20-,21-,23-/m0/s1. The number of ether oxygens (including phenoxy) is 6. The fourth-order valence-corrected chi connectivity index (χ4v) is 3.14. The van der Waals surface area contributed by atoms with Crippen LogP contribution >= 0.6 is 0 Å². The van der Waals surface area contributed by atoms with Gasteiger partial charge in [0.1, 0.15) is 18.2 Å². The van der Waals surface area contributed by atoms with Gasteiger partial charge in [-0.3, -0.25) is 9.59 Å². The topological polar surface area (TPSA) is 150 Å². The van der Waals surface area contributed by atoms with Crippen molar-refractivity contribution in [1.82, 2.24) is 0 Å². The molecule has 11 heteroatoms. The maximum absolute atomic E-state index is 12.6. The molecule has 0 aliphatic rings. The third kappa shape index (κ3) is 14.2. The number of carbonyl (C=O) groups is 4. The Morgan fingerprint density at radius 1 is 0.775 bits per heavy atom. The first-order chi connectivity index (χ1) is 18.8. The SMILES string of the molecule is CCCCCC(=O)O[C@@H](C)[C@H](C)OC(=O)[C@@H](N)Cc1ccc(OC(=O)OCC(C)C)c(OC(=O)OCC(C)C)c1. The Morgan fingerprint density at radius 3 is 1.88 bits per heavy atom. The highest BCUT2D eigenvalue weighted by atomic mass is 16.7. The highest BCUT2D eigenvalue weighted by Gasteiger charge is 2.25. The second kappa shape index (κ2) is 18.1. The Hall–Kier alpha value is -3.34. The zero-order valence-electron chi connectivity index (χ0n) is 24.7. The van der Waals surface area contributed by atoms with E-state index >= 15 is 0 Å². The third-order valence-electron chi connectivity index (χ3n) is 5.49. The molecular formula is C29H45NO10. The lowest BCUT2D eigenvalue weighted by Crippen LogP contribution is -2.39. The second-order valence-electron chi connectivity index (χ2n) is 10.5. The summed E-state index contributed by atoms with van der Waals surface area (Å²) in [6.07, 6.45) is -0.307. The lowest BCUT2D eigenvalue weighted by atomic mass is 10.1. The van der Waals surface area contributed by atoms with Crippen molar-refractivity contribution in [2.45, 2.75) is 98.8 Å². The van der Waals surface area contributed by atoms with Crippen LogP contribution in [0.2, 0.25) is 0 Å². The summed E-state index contributed by atoms with van der Waals surface area (Å²) in [5.41, 5.74) is 6.58. The van der Waals surface area contributed by atoms with Crippen molar-refractivity contribution < 1.29 is 47.6 Å². The van der Waals surface area contributed by atoms with E-state index < -0.39 is 36.5 Å². The molecule has 0 aliphatic carbocycles. The van der Waals surface area contributed by atoms with E-state index in [4.69, 9.17) is 34.2 Å². The van der Waals surface area contributed by atoms with Crippen molar-refractivity contribution in [1.29, 1.82) is 0 Å². The number of hydrogen-bond donors (Lipinski definition) is 1. The summed E-state index contributed by atoms with van der Waals surface area (Å²) in [7, 11) is 0. The van der Waals surface area contributed by atoms with E-state index in [1.165, 1.54) is 12.1 Å². The van der Waals surface area contributed by atoms with Crippen LogP contribution in [0.3, 0.4) is 0 Å². The molecule has 0 aliphatic heterocycles. The van der Waals surface area contributed by atoms with Crippen LogP contribution in [0.4, 0.5) is 9.59 Å². The van der Waals surface area contributed by atoms with Crippen molar-refractivity contribution in [3.05, 3.63) is 23.8 Å².